The fourth-order valence-corrected chi connectivity index (χ4v) is 4.55. The summed E-state index contributed by atoms with van der Waals surface area (Å²) in [7, 11) is 0. The van der Waals surface area contributed by atoms with E-state index in [1.54, 1.807) is 31.7 Å². The quantitative estimate of drug-likeness (QED) is 0.284. The summed E-state index contributed by atoms with van der Waals surface area (Å²) in [6, 6.07) is 15.2. The van der Waals surface area contributed by atoms with Gasteiger partial charge in [0.25, 0.3) is 0 Å². The third-order valence-electron chi connectivity index (χ3n) is 6.44. The monoisotopic (exact) mass is 549 g/mol. The lowest BCUT2D eigenvalue weighted by molar-refractivity contribution is -0.142. The highest BCUT2D eigenvalue weighted by Crippen LogP contribution is 2.26. The van der Waals surface area contributed by atoms with Crippen molar-refractivity contribution in [1.29, 1.82) is 0 Å². The van der Waals surface area contributed by atoms with Gasteiger partial charge in [0, 0.05) is 19.0 Å². The zero-order valence-electron chi connectivity index (χ0n) is 25.0. The molecule has 218 valence electrons. The van der Waals surface area contributed by atoms with Gasteiger partial charge in [-0.25, -0.2) is 4.79 Å². The summed E-state index contributed by atoms with van der Waals surface area (Å²) in [5, 5.41) is 5.93. The maximum Gasteiger partial charge on any atom is 0.408 e. The van der Waals surface area contributed by atoms with E-state index in [1.165, 1.54) is 0 Å². The Labute approximate surface area is 240 Å². The Balaban J connectivity index is 2.57. The lowest BCUT2D eigenvalue weighted by Gasteiger charge is -2.35. The number of carbonyl (C=O) groups is 3. The van der Waals surface area contributed by atoms with Crippen LogP contribution >= 0.6 is 0 Å². The summed E-state index contributed by atoms with van der Waals surface area (Å²) < 4.78 is 5.51. The summed E-state index contributed by atoms with van der Waals surface area (Å²) in [6.45, 7) is 15.6. The first-order valence-corrected chi connectivity index (χ1v) is 14.4. The van der Waals surface area contributed by atoms with Crippen LogP contribution in [0.2, 0.25) is 0 Å². The molecule has 3 amide bonds. The van der Waals surface area contributed by atoms with Crippen molar-refractivity contribution in [2.45, 2.75) is 97.4 Å². The van der Waals surface area contributed by atoms with E-state index in [0.29, 0.717) is 18.5 Å². The first-order chi connectivity index (χ1) is 19.0. The number of amides is 3. The molecule has 3 unspecified atom stereocenters. The maximum atomic E-state index is 14.4. The van der Waals surface area contributed by atoms with Crippen LogP contribution in [0.3, 0.4) is 0 Å². The van der Waals surface area contributed by atoms with Crippen LogP contribution in [0.1, 0.15) is 90.0 Å². The number of benzene rings is 2. The maximum absolute atomic E-state index is 14.4. The van der Waals surface area contributed by atoms with E-state index < -0.39 is 23.8 Å². The highest BCUT2D eigenvalue weighted by Gasteiger charge is 2.36. The molecule has 40 heavy (non-hydrogen) atoms. The van der Waals surface area contributed by atoms with Crippen LogP contribution in [0.5, 0.6) is 0 Å². The van der Waals surface area contributed by atoms with Crippen LogP contribution in [0, 0.1) is 0 Å². The number of unbranched alkanes of at least 4 members (excludes halogenated alkanes) is 1. The SMILES string of the molecule is C=Cc1cccc(C(C(=O)NC(C)CCC)N(CCCC)C(=O)C(Cc2ccccc2)NC(=O)OC(C)(C)C)c1. The predicted molar refractivity (Wildman–Crippen MR) is 162 cm³/mol. The van der Waals surface area contributed by atoms with Crippen LogP contribution in [0.15, 0.2) is 61.2 Å². The van der Waals surface area contributed by atoms with Crippen LogP contribution in [-0.2, 0) is 20.7 Å². The Morgan fingerprint density at radius 1 is 1.00 bits per heavy atom. The van der Waals surface area contributed by atoms with E-state index in [2.05, 4.69) is 24.1 Å². The van der Waals surface area contributed by atoms with Gasteiger partial charge >= 0.3 is 6.09 Å². The van der Waals surface area contributed by atoms with Gasteiger partial charge < -0.3 is 20.3 Å². The fourth-order valence-electron chi connectivity index (χ4n) is 4.55. The second kappa shape index (κ2) is 15.8. The van der Waals surface area contributed by atoms with E-state index in [1.807, 2.05) is 68.4 Å². The first kappa shape index (κ1) is 32.6. The average Bonchev–Trinajstić information content (AvgIpc) is 2.89. The lowest BCUT2D eigenvalue weighted by Crippen LogP contribution is -2.54. The molecule has 0 saturated heterocycles. The molecular formula is C33H47N3O4. The van der Waals surface area contributed by atoms with Crippen molar-refractivity contribution in [3.63, 3.8) is 0 Å². The van der Waals surface area contributed by atoms with Gasteiger partial charge in [0.2, 0.25) is 11.8 Å². The van der Waals surface area contributed by atoms with E-state index in [-0.39, 0.29) is 24.3 Å². The molecule has 0 fully saturated rings. The van der Waals surface area contributed by atoms with Crippen LogP contribution in [-0.4, -0.2) is 47.0 Å². The topological polar surface area (TPSA) is 87.7 Å². The molecule has 0 aromatic heterocycles. The standard InChI is InChI=1S/C33H47N3O4/c1-8-11-21-36(29(30(37)34-24(4)16-9-2)27-20-15-19-25(10-3)22-27)31(38)28(23-26-17-13-12-14-18-26)35-32(39)40-33(5,6)7/h10,12-15,17-20,22,24,28-29H,3,8-9,11,16,21,23H2,1-2,4-7H3,(H,34,37)(H,35,39). The second-order valence-electron chi connectivity index (χ2n) is 11.2. The minimum absolute atomic E-state index is 0.0503. The molecule has 2 rings (SSSR count). The Bertz CT molecular complexity index is 1110. The molecule has 0 saturated carbocycles. The van der Waals surface area contributed by atoms with Gasteiger partial charge in [-0.3, -0.25) is 9.59 Å². The van der Waals surface area contributed by atoms with Gasteiger partial charge in [0.1, 0.15) is 17.7 Å². The summed E-state index contributed by atoms with van der Waals surface area (Å²) in [4.78, 5) is 42.8. The van der Waals surface area contributed by atoms with Crippen LogP contribution in [0.4, 0.5) is 4.79 Å². The Morgan fingerprint density at radius 3 is 2.30 bits per heavy atom. The van der Waals surface area contributed by atoms with Gasteiger partial charge in [0.15, 0.2) is 0 Å². The zero-order valence-corrected chi connectivity index (χ0v) is 25.0. The number of nitrogens with one attached hydrogen (secondary N) is 2. The van der Waals surface area contributed by atoms with Crippen molar-refractivity contribution in [3.8, 4) is 0 Å². The minimum atomic E-state index is -0.931. The van der Waals surface area contributed by atoms with Crippen molar-refractivity contribution in [2.24, 2.45) is 0 Å². The van der Waals surface area contributed by atoms with Crippen molar-refractivity contribution in [1.82, 2.24) is 15.5 Å². The average molecular weight is 550 g/mol. The largest absolute Gasteiger partial charge is 0.444 e. The molecule has 0 aliphatic carbocycles. The Kier molecular flexibility index (Phi) is 12.9. The van der Waals surface area contributed by atoms with Crippen molar-refractivity contribution >= 4 is 24.0 Å². The summed E-state index contributed by atoms with van der Waals surface area (Å²) in [6.07, 6.45) is 4.59. The molecule has 0 heterocycles. The molecular weight excluding hydrogens is 502 g/mol. The number of nitrogens with zero attached hydrogens (tertiary/aromatic N) is 1. The number of alkyl carbamates (subject to hydrolysis) is 1. The smallest absolute Gasteiger partial charge is 0.408 e. The van der Waals surface area contributed by atoms with Gasteiger partial charge in [-0.2, -0.15) is 0 Å². The van der Waals surface area contributed by atoms with Crippen molar-refractivity contribution in [3.05, 3.63) is 77.9 Å². The highest BCUT2D eigenvalue weighted by atomic mass is 16.6. The summed E-state index contributed by atoms with van der Waals surface area (Å²) >= 11 is 0. The second-order valence-corrected chi connectivity index (χ2v) is 11.2. The number of ether oxygens (including phenoxy) is 1. The third-order valence-corrected chi connectivity index (χ3v) is 6.44. The molecule has 2 aromatic rings. The molecule has 0 bridgehead atoms. The van der Waals surface area contributed by atoms with Gasteiger partial charge in [0.05, 0.1) is 0 Å². The van der Waals surface area contributed by atoms with Crippen molar-refractivity contribution < 1.29 is 19.1 Å². The number of hydrogen-bond acceptors (Lipinski definition) is 4. The molecule has 0 aliphatic heterocycles. The van der Waals surface area contributed by atoms with Gasteiger partial charge in [-0.1, -0.05) is 87.9 Å². The van der Waals surface area contributed by atoms with Gasteiger partial charge in [-0.15, -0.1) is 0 Å². The summed E-state index contributed by atoms with van der Waals surface area (Å²) in [5.41, 5.74) is 1.71. The highest BCUT2D eigenvalue weighted by molar-refractivity contribution is 5.92. The van der Waals surface area contributed by atoms with E-state index in [0.717, 1.165) is 30.4 Å². The van der Waals surface area contributed by atoms with Crippen molar-refractivity contribution in [2.75, 3.05) is 6.54 Å². The first-order valence-electron chi connectivity index (χ1n) is 14.4. The zero-order chi connectivity index (χ0) is 29.7. The number of hydrogen-bond donors (Lipinski definition) is 2. The van der Waals surface area contributed by atoms with E-state index >= 15 is 0 Å². The Hall–Kier alpha value is -3.61. The van der Waals surface area contributed by atoms with Gasteiger partial charge in [-0.05, 0) is 63.3 Å². The third kappa shape index (κ3) is 10.5. The minimum Gasteiger partial charge on any atom is -0.444 e. The molecule has 7 nitrogen and oxygen atoms in total. The fraction of sp³-hybridized carbons (Fsp3) is 0.485. The normalized spacial score (nSPS) is 13.4. The molecule has 7 heteroatoms. The van der Waals surface area contributed by atoms with E-state index in [9.17, 15) is 14.4 Å². The molecule has 2 N–H and O–H groups in total. The summed E-state index contributed by atoms with van der Waals surface area (Å²) in [5.74, 6) is -0.585. The van der Waals surface area contributed by atoms with Crippen LogP contribution < -0.4 is 10.6 Å². The number of rotatable bonds is 14. The van der Waals surface area contributed by atoms with E-state index in [4.69, 9.17) is 4.74 Å². The predicted octanol–water partition coefficient (Wildman–Crippen LogP) is 6.44. The van der Waals surface area contributed by atoms with Crippen LogP contribution in [0.25, 0.3) is 6.08 Å². The molecule has 3 atom stereocenters. The molecule has 0 radical (unpaired) electrons. The lowest BCUT2D eigenvalue weighted by atomic mass is 9.98. The molecule has 0 spiro atoms. The molecule has 2 aromatic carbocycles. The number of carbonyl (C=O) groups excluding carboxylic acids is 3. The molecule has 0 aliphatic rings. The Morgan fingerprint density at radius 2 is 1.70 bits per heavy atom.